The van der Waals surface area contributed by atoms with E-state index in [4.69, 9.17) is 4.74 Å². The summed E-state index contributed by atoms with van der Waals surface area (Å²) >= 11 is 0. The number of aromatic nitrogens is 2. The van der Waals surface area contributed by atoms with Crippen LogP contribution >= 0.6 is 0 Å². The van der Waals surface area contributed by atoms with Crippen LogP contribution in [0.4, 0.5) is 5.69 Å². The van der Waals surface area contributed by atoms with Gasteiger partial charge in [0.1, 0.15) is 0 Å². The Balaban J connectivity index is 1.58. The lowest BCUT2D eigenvalue weighted by Gasteiger charge is -2.06. The molecule has 7 heteroatoms. The normalized spacial score (nSPS) is 20.2. The second-order valence-electron chi connectivity index (χ2n) is 5.31. The van der Waals surface area contributed by atoms with Gasteiger partial charge in [0.05, 0.1) is 17.0 Å². The van der Waals surface area contributed by atoms with E-state index in [1.54, 1.807) is 18.2 Å². The standard InChI is InChI=1S/C14H15N3O4/c1-7-4-9(7)13(19)21-6-12(18)15-8-2-3-10-11(5-8)17-14(20)16-10/h2-3,5,7,9H,4,6H2,1H3,(H,15,18)(H2,16,17,20)/t7-,9+/m0/s1. The molecule has 7 nitrogen and oxygen atoms in total. The Morgan fingerprint density at radius 1 is 1.33 bits per heavy atom. The number of hydrogen-bond acceptors (Lipinski definition) is 4. The summed E-state index contributed by atoms with van der Waals surface area (Å²) in [6.45, 7) is 1.67. The van der Waals surface area contributed by atoms with Crippen molar-refractivity contribution in [2.45, 2.75) is 13.3 Å². The van der Waals surface area contributed by atoms with E-state index in [1.165, 1.54) is 0 Å². The molecule has 0 bridgehead atoms. The molecule has 1 fully saturated rings. The van der Waals surface area contributed by atoms with Crippen molar-refractivity contribution < 1.29 is 14.3 Å². The van der Waals surface area contributed by atoms with E-state index in [2.05, 4.69) is 15.3 Å². The average molecular weight is 289 g/mol. The molecule has 1 amide bonds. The second-order valence-corrected chi connectivity index (χ2v) is 5.31. The summed E-state index contributed by atoms with van der Waals surface area (Å²) in [5.74, 6) is -0.426. The largest absolute Gasteiger partial charge is 0.455 e. The summed E-state index contributed by atoms with van der Waals surface area (Å²) in [5.41, 5.74) is 1.48. The fourth-order valence-corrected chi connectivity index (χ4v) is 2.20. The predicted molar refractivity (Wildman–Crippen MR) is 75.8 cm³/mol. The number of benzene rings is 1. The molecule has 0 spiro atoms. The van der Waals surface area contributed by atoms with Crippen LogP contribution in [0.1, 0.15) is 13.3 Å². The summed E-state index contributed by atoms with van der Waals surface area (Å²) < 4.78 is 4.95. The number of amides is 1. The number of ether oxygens (including phenoxy) is 1. The molecule has 0 aliphatic heterocycles. The van der Waals surface area contributed by atoms with E-state index in [9.17, 15) is 14.4 Å². The topological polar surface area (TPSA) is 104 Å². The smallest absolute Gasteiger partial charge is 0.323 e. The molecule has 1 aliphatic rings. The Morgan fingerprint density at radius 3 is 2.76 bits per heavy atom. The van der Waals surface area contributed by atoms with Crippen molar-refractivity contribution in [3.05, 3.63) is 28.7 Å². The molecular weight excluding hydrogens is 274 g/mol. The van der Waals surface area contributed by atoms with Crippen molar-refractivity contribution in [1.82, 2.24) is 9.97 Å². The van der Waals surface area contributed by atoms with Crippen LogP contribution in [0.2, 0.25) is 0 Å². The predicted octanol–water partition coefficient (Wildman–Crippen LogP) is 0.994. The zero-order valence-electron chi connectivity index (χ0n) is 11.4. The van der Waals surface area contributed by atoms with Crippen molar-refractivity contribution in [3.63, 3.8) is 0 Å². The van der Waals surface area contributed by atoms with Gasteiger partial charge in [-0.3, -0.25) is 9.59 Å². The third-order valence-electron chi connectivity index (χ3n) is 3.56. The third kappa shape index (κ3) is 2.96. The highest BCUT2D eigenvalue weighted by Crippen LogP contribution is 2.38. The molecule has 0 unspecified atom stereocenters. The molecule has 1 aromatic carbocycles. The van der Waals surface area contributed by atoms with Crippen LogP contribution in [0.15, 0.2) is 23.0 Å². The molecule has 2 atom stereocenters. The van der Waals surface area contributed by atoms with Gasteiger partial charge in [0.15, 0.2) is 6.61 Å². The second kappa shape index (κ2) is 5.08. The molecule has 1 aliphatic carbocycles. The number of hydrogen-bond donors (Lipinski definition) is 3. The number of aromatic amines is 2. The van der Waals surface area contributed by atoms with Gasteiger partial charge in [0, 0.05) is 5.69 Å². The van der Waals surface area contributed by atoms with Crippen LogP contribution in [-0.4, -0.2) is 28.5 Å². The lowest BCUT2D eigenvalue weighted by molar-refractivity contribution is -0.148. The molecule has 21 heavy (non-hydrogen) atoms. The SMILES string of the molecule is C[C@H]1C[C@H]1C(=O)OCC(=O)Nc1ccc2[nH]c(=O)[nH]c2c1. The first-order valence-corrected chi connectivity index (χ1v) is 6.71. The molecule has 0 saturated heterocycles. The van der Waals surface area contributed by atoms with Crippen molar-refractivity contribution in [2.24, 2.45) is 11.8 Å². The number of H-pyrrole nitrogens is 2. The highest BCUT2D eigenvalue weighted by Gasteiger charge is 2.40. The number of nitrogens with one attached hydrogen (secondary N) is 3. The molecule has 3 rings (SSSR count). The zero-order chi connectivity index (χ0) is 15.0. The number of esters is 1. The van der Waals surface area contributed by atoms with Crippen LogP contribution in [0.25, 0.3) is 11.0 Å². The number of rotatable bonds is 4. The fourth-order valence-electron chi connectivity index (χ4n) is 2.20. The Bertz CT molecular complexity index is 761. The van der Waals surface area contributed by atoms with E-state index in [0.717, 1.165) is 6.42 Å². The van der Waals surface area contributed by atoms with Gasteiger partial charge in [-0.05, 0) is 30.5 Å². The monoisotopic (exact) mass is 289 g/mol. The van der Waals surface area contributed by atoms with Crippen molar-refractivity contribution in [3.8, 4) is 0 Å². The van der Waals surface area contributed by atoms with E-state index in [-0.39, 0.29) is 24.2 Å². The lowest BCUT2D eigenvalue weighted by atomic mass is 10.3. The Labute approximate surface area is 119 Å². The van der Waals surface area contributed by atoms with Gasteiger partial charge in [0.25, 0.3) is 5.91 Å². The van der Waals surface area contributed by atoms with Gasteiger partial charge in [-0.15, -0.1) is 0 Å². The van der Waals surface area contributed by atoms with Crippen LogP contribution in [0, 0.1) is 11.8 Å². The quantitative estimate of drug-likeness (QED) is 0.730. The number of carbonyl (C=O) groups excluding carboxylic acids is 2. The first-order chi connectivity index (χ1) is 10.0. The molecule has 1 heterocycles. The Kier molecular flexibility index (Phi) is 3.25. The van der Waals surface area contributed by atoms with Gasteiger partial charge in [-0.2, -0.15) is 0 Å². The summed E-state index contributed by atoms with van der Waals surface area (Å²) in [7, 11) is 0. The van der Waals surface area contributed by atoms with Crippen LogP contribution in [0.5, 0.6) is 0 Å². The maximum Gasteiger partial charge on any atom is 0.323 e. The van der Waals surface area contributed by atoms with Gasteiger partial charge in [0.2, 0.25) is 0 Å². The first kappa shape index (κ1) is 13.4. The minimum Gasteiger partial charge on any atom is -0.455 e. The summed E-state index contributed by atoms with van der Waals surface area (Å²) in [4.78, 5) is 39.6. The van der Waals surface area contributed by atoms with Crippen LogP contribution in [-0.2, 0) is 14.3 Å². The molecular formula is C14H15N3O4. The van der Waals surface area contributed by atoms with Crippen LogP contribution < -0.4 is 11.0 Å². The van der Waals surface area contributed by atoms with Crippen molar-refractivity contribution in [2.75, 3.05) is 11.9 Å². The van der Waals surface area contributed by atoms with E-state index in [0.29, 0.717) is 22.6 Å². The third-order valence-corrected chi connectivity index (χ3v) is 3.56. The number of carbonyl (C=O) groups is 2. The number of imidazole rings is 1. The highest BCUT2D eigenvalue weighted by atomic mass is 16.5. The van der Waals surface area contributed by atoms with Gasteiger partial charge in [-0.25, -0.2) is 4.79 Å². The summed E-state index contributed by atoms with van der Waals surface area (Å²) in [5, 5.41) is 2.62. The summed E-state index contributed by atoms with van der Waals surface area (Å²) in [6, 6.07) is 4.98. The maximum atomic E-state index is 11.7. The van der Waals surface area contributed by atoms with E-state index < -0.39 is 5.91 Å². The fraction of sp³-hybridized carbons (Fsp3) is 0.357. The zero-order valence-corrected chi connectivity index (χ0v) is 11.4. The number of fused-ring (bicyclic) bond motifs is 1. The molecule has 0 radical (unpaired) electrons. The lowest BCUT2D eigenvalue weighted by Crippen LogP contribution is -2.21. The average Bonchev–Trinajstić information content (AvgIpc) is 3.04. The minimum absolute atomic E-state index is 0.0564. The van der Waals surface area contributed by atoms with E-state index >= 15 is 0 Å². The maximum absolute atomic E-state index is 11.7. The molecule has 1 aromatic heterocycles. The molecule has 2 aromatic rings. The first-order valence-electron chi connectivity index (χ1n) is 6.71. The molecule has 110 valence electrons. The summed E-state index contributed by atoms with van der Waals surface area (Å²) in [6.07, 6.45) is 0.831. The van der Waals surface area contributed by atoms with Gasteiger partial charge in [-0.1, -0.05) is 6.92 Å². The van der Waals surface area contributed by atoms with E-state index in [1.807, 2.05) is 6.92 Å². The van der Waals surface area contributed by atoms with Crippen molar-refractivity contribution in [1.29, 1.82) is 0 Å². The van der Waals surface area contributed by atoms with Crippen LogP contribution in [0.3, 0.4) is 0 Å². The molecule has 3 N–H and O–H groups in total. The Morgan fingerprint density at radius 2 is 2.05 bits per heavy atom. The molecule has 1 saturated carbocycles. The van der Waals surface area contributed by atoms with Gasteiger partial charge < -0.3 is 20.0 Å². The van der Waals surface area contributed by atoms with Gasteiger partial charge >= 0.3 is 11.7 Å². The highest BCUT2D eigenvalue weighted by molar-refractivity contribution is 5.94. The van der Waals surface area contributed by atoms with Crippen molar-refractivity contribution >= 4 is 28.6 Å². The number of anilines is 1. The Hall–Kier alpha value is -2.57. The minimum atomic E-state index is -0.408.